The fourth-order valence-corrected chi connectivity index (χ4v) is 2.97. The summed E-state index contributed by atoms with van der Waals surface area (Å²) in [4.78, 5) is 12.9. The number of ether oxygens (including phenoxy) is 2. The van der Waals surface area contributed by atoms with Crippen molar-refractivity contribution in [2.45, 2.75) is 26.2 Å². The molecule has 0 N–H and O–H groups in total. The van der Waals surface area contributed by atoms with Crippen LogP contribution in [0.4, 0.5) is 4.39 Å². The lowest BCUT2D eigenvalue weighted by atomic mass is 9.80. The van der Waals surface area contributed by atoms with E-state index >= 15 is 0 Å². The van der Waals surface area contributed by atoms with Crippen molar-refractivity contribution in [1.29, 1.82) is 0 Å². The molecule has 4 heteroatoms. The molecular weight excluding hydrogens is 379 g/mol. The number of hydrogen-bond donors (Lipinski definition) is 0. The van der Waals surface area contributed by atoms with Crippen LogP contribution in [0.25, 0.3) is 6.08 Å². The smallest absolute Gasteiger partial charge is 0.165 e. The van der Waals surface area contributed by atoms with Gasteiger partial charge in [-0.1, -0.05) is 42.5 Å². The molecule has 0 atom stereocenters. The third-order valence-electron chi connectivity index (χ3n) is 4.86. The number of ketones is 1. The molecule has 0 saturated carbocycles. The molecule has 0 amide bonds. The molecule has 30 heavy (non-hydrogen) atoms. The molecule has 154 valence electrons. The zero-order valence-electron chi connectivity index (χ0n) is 17.4. The van der Waals surface area contributed by atoms with Gasteiger partial charge in [-0.3, -0.25) is 4.79 Å². The molecule has 0 radical (unpaired) electrons. The van der Waals surface area contributed by atoms with E-state index in [-0.39, 0.29) is 11.5 Å². The maximum atomic E-state index is 14.1. The summed E-state index contributed by atoms with van der Waals surface area (Å²) in [7, 11) is 0. The van der Waals surface area contributed by atoms with Crippen molar-refractivity contribution < 1.29 is 18.7 Å². The van der Waals surface area contributed by atoms with Crippen LogP contribution in [0, 0.1) is 5.82 Å². The average molecular weight is 404 g/mol. The van der Waals surface area contributed by atoms with Gasteiger partial charge in [0.2, 0.25) is 0 Å². The summed E-state index contributed by atoms with van der Waals surface area (Å²) in [5.74, 6) is 0.919. The SMILES string of the molecule is CCOc1ccc(C(C)(C)C(=O)C=Cc2ccc(F)c(Oc3ccccc3)c2)cc1. The molecule has 0 heterocycles. The van der Waals surface area contributed by atoms with Gasteiger partial charge in [-0.25, -0.2) is 4.39 Å². The molecule has 0 unspecified atom stereocenters. The van der Waals surface area contributed by atoms with Gasteiger partial charge in [0, 0.05) is 0 Å². The molecule has 0 aliphatic carbocycles. The van der Waals surface area contributed by atoms with Crippen LogP contribution in [0.5, 0.6) is 17.2 Å². The van der Waals surface area contributed by atoms with Gasteiger partial charge < -0.3 is 9.47 Å². The summed E-state index contributed by atoms with van der Waals surface area (Å²) in [6.07, 6.45) is 3.20. The van der Waals surface area contributed by atoms with E-state index in [1.807, 2.05) is 63.2 Å². The largest absolute Gasteiger partial charge is 0.494 e. The Labute approximate surface area is 176 Å². The van der Waals surface area contributed by atoms with Crippen LogP contribution < -0.4 is 9.47 Å². The summed E-state index contributed by atoms with van der Waals surface area (Å²) >= 11 is 0. The lowest BCUT2D eigenvalue weighted by Gasteiger charge is -2.22. The predicted molar refractivity (Wildman–Crippen MR) is 118 cm³/mol. The van der Waals surface area contributed by atoms with E-state index in [1.165, 1.54) is 12.1 Å². The van der Waals surface area contributed by atoms with Crippen LogP contribution in [0.2, 0.25) is 0 Å². The van der Waals surface area contributed by atoms with Gasteiger partial charge in [-0.2, -0.15) is 0 Å². The second kappa shape index (κ2) is 9.40. The molecule has 3 aromatic carbocycles. The lowest BCUT2D eigenvalue weighted by molar-refractivity contribution is -0.118. The highest BCUT2D eigenvalue weighted by molar-refractivity contribution is 6.01. The summed E-state index contributed by atoms with van der Waals surface area (Å²) in [6.45, 7) is 6.28. The van der Waals surface area contributed by atoms with Crippen LogP contribution in [-0.2, 0) is 10.2 Å². The summed E-state index contributed by atoms with van der Waals surface area (Å²) in [5, 5.41) is 0. The minimum absolute atomic E-state index is 0.0542. The normalized spacial score (nSPS) is 11.5. The van der Waals surface area contributed by atoms with E-state index in [0.29, 0.717) is 17.9 Å². The zero-order valence-corrected chi connectivity index (χ0v) is 17.4. The van der Waals surface area contributed by atoms with Crippen molar-refractivity contribution in [3.05, 3.63) is 95.8 Å². The van der Waals surface area contributed by atoms with Crippen LogP contribution in [0.3, 0.4) is 0 Å². The topological polar surface area (TPSA) is 35.5 Å². The van der Waals surface area contributed by atoms with Gasteiger partial charge in [0.15, 0.2) is 17.3 Å². The second-order valence-corrected chi connectivity index (χ2v) is 7.38. The quantitative estimate of drug-likeness (QED) is 0.398. The first-order chi connectivity index (χ1) is 14.4. The Bertz CT molecular complexity index is 1020. The van der Waals surface area contributed by atoms with Gasteiger partial charge in [0.1, 0.15) is 11.5 Å². The highest BCUT2D eigenvalue weighted by Crippen LogP contribution is 2.28. The minimum Gasteiger partial charge on any atom is -0.494 e. The first kappa shape index (κ1) is 21.3. The van der Waals surface area contributed by atoms with Crippen LogP contribution in [0.1, 0.15) is 31.9 Å². The number of rotatable bonds is 8. The van der Waals surface area contributed by atoms with Gasteiger partial charge in [-0.15, -0.1) is 0 Å². The number of carbonyl (C=O) groups excluding carboxylic acids is 1. The lowest BCUT2D eigenvalue weighted by Crippen LogP contribution is -2.27. The molecule has 0 bridgehead atoms. The molecule has 0 saturated heterocycles. The van der Waals surface area contributed by atoms with E-state index in [0.717, 1.165) is 11.3 Å². The van der Waals surface area contributed by atoms with Gasteiger partial charge in [-0.05, 0) is 74.4 Å². The molecule has 0 aromatic heterocycles. The molecule has 3 nitrogen and oxygen atoms in total. The Morgan fingerprint density at radius 2 is 1.67 bits per heavy atom. The maximum Gasteiger partial charge on any atom is 0.165 e. The van der Waals surface area contributed by atoms with E-state index in [9.17, 15) is 9.18 Å². The summed E-state index contributed by atoms with van der Waals surface area (Å²) in [6, 6.07) is 21.1. The Kier molecular flexibility index (Phi) is 6.68. The Balaban J connectivity index is 1.75. The van der Waals surface area contributed by atoms with E-state index in [4.69, 9.17) is 9.47 Å². The highest BCUT2D eigenvalue weighted by atomic mass is 19.1. The summed E-state index contributed by atoms with van der Waals surface area (Å²) in [5.41, 5.74) is 0.871. The molecule has 3 rings (SSSR count). The standard InChI is InChI=1S/C26H25FO3/c1-4-29-21-14-12-20(13-15-21)26(2,3)25(28)17-11-19-10-16-23(27)24(18-19)30-22-8-6-5-7-9-22/h5-18H,4H2,1-3H3. The van der Waals surface area contributed by atoms with Crippen molar-refractivity contribution in [1.82, 2.24) is 0 Å². The molecule has 0 spiro atoms. The molecule has 0 aliphatic rings. The van der Waals surface area contributed by atoms with Crippen LogP contribution in [0.15, 0.2) is 78.9 Å². The highest BCUT2D eigenvalue weighted by Gasteiger charge is 2.27. The van der Waals surface area contributed by atoms with Gasteiger partial charge in [0.05, 0.1) is 12.0 Å². The average Bonchev–Trinajstić information content (AvgIpc) is 2.75. The first-order valence-electron chi connectivity index (χ1n) is 9.88. The Hall–Kier alpha value is -3.40. The fourth-order valence-electron chi connectivity index (χ4n) is 2.97. The van der Waals surface area contributed by atoms with Crippen LogP contribution in [-0.4, -0.2) is 12.4 Å². The Morgan fingerprint density at radius 3 is 2.33 bits per heavy atom. The van der Waals surface area contributed by atoms with Gasteiger partial charge in [0.25, 0.3) is 0 Å². The minimum atomic E-state index is -0.704. The Morgan fingerprint density at radius 1 is 0.967 bits per heavy atom. The predicted octanol–water partition coefficient (Wildman–Crippen LogP) is 6.58. The molecule has 3 aromatic rings. The molecule has 0 fully saturated rings. The monoisotopic (exact) mass is 404 g/mol. The summed E-state index contributed by atoms with van der Waals surface area (Å²) < 4.78 is 25.2. The van der Waals surface area contributed by atoms with E-state index < -0.39 is 11.2 Å². The van der Waals surface area contributed by atoms with E-state index in [1.54, 1.807) is 30.3 Å². The number of para-hydroxylation sites is 1. The number of halogens is 1. The van der Waals surface area contributed by atoms with E-state index in [2.05, 4.69) is 0 Å². The number of allylic oxidation sites excluding steroid dienone is 1. The molecular formula is C26H25FO3. The maximum absolute atomic E-state index is 14.1. The third-order valence-corrected chi connectivity index (χ3v) is 4.86. The fraction of sp³-hybridized carbons (Fsp3) is 0.192. The third kappa shape index (κ3) is 5.15. The number of hydrogen-bond acceptors (Lipinski definition) is 3. The zero-order chi connectivity index (χ0) is 21.6. The van der Waals surface area contributed by atoms with Crippen molar-refractivity contribution in [3.63, 3.8) is 0 Å². The number of benzene rings is 3. The van der Waals surface area contributed by atoms with Crippen molar-refractivity contribution in [3.8, 4) is 17.2 Å². The van der Waals surface area contributed by atoms with Crippen LogP contribution >= 0.6 is 0 Å². The first-order valence-corrected chi connectivity index (χ1v) is 9.88. The van der Waals surface area contributed by atoms with Crippen molar-refractivity contribution in [2.75, 3.05) is 6.61 Å². The second-order valence-electron chi connectivity index (χ2n) is 7.38. The van der Waals surface area contributed by atoms with Crippen molar-refractivity contribution in [2.24, 2.45) is 0 Å². The van der Waals surface area contributed by atoms with Crippen molar-refractivity contribution >= 4 is 11.9 Å². The molecule has 0 aliphatic heterocycles. The van der Waals surface area contributed by atoms with Gasteiger partial charge >= 0.3 is 0 Å². The number of carbonyl (C=O) groups is 1.